The highest BCUT2D eigenvalue weighted by molar-refractivity contribution is 7.18. The smallest absolute Gasteiger partial charge is 0.341 e. The number of Topliss-reactive ketones (excluding diaryl/α,β-unsaturated/α-hetero) is 1. The van der Waals surface area contributed by atoms with Gasteiger partial charge in [-0.15, -0.1) is 11.3 Å². The van der Waals surface area contributed by atoms with Gasteiger partial charge in [-0.1, -0.05) is 0 Å². The van der Waals surface area contributed by atoms with Crippen LogP contribution >= 0.6 is 11.3 Å². The van der Waals surface area contributed by atoms with Gasteiger partial charge in [-0.2, -0.15) is 0 Å². The van der Waals surface area contributed by atoms with Gasteiger partial charge in [0.1, 0.15) is 5.00 Å². The SMILES string of the molecule is CCOC(=O)c1c(N2CCOCC2)sc2c1CCCC2=O. The molecule has 1 aromatic heterocycles. The highest BCUT2D eigenvalue weighted by atomic mass is 32.1. The molecule has 0 unspecified atom stereocenters. The average molecular weight is 309 g/mol. The molecule has 1 aliphatic heterocycles. The van der Waals surface area contributed by atoms with Crippen LogP contribution in [0.2, 0.25) is 0 Å². The summed E-state index contributed by atoms with van der Waals surface area (Å²) >= 11 is 1.45. The molecule has 0 amide bonds. The van der Waals surface area contributed by atoms with Gasteiger partial charge < -0.3 is 14.4 Å². The summed E-state index contributed by atoms with van der Waals surface area (Å²) in [6, 6.07) is 0. The molecule has 21 heavy (non-hydrogen) atoms. The minimum atomic E-state index is -0.300. The first-order chi connectivity index (χ1) is 10.2. The van der Waals surface area contributed by atoms with E-state index in [1.54, 1.807) is 6.92 Å². The number of hydrogen-bond acceptors (Lipinski definition) is 6. The zero-order valence-corrected chi connectivity index (χ0v) is 13.0. The predicted octanol–water partition coefficient (Wildman–Crippen LogP) is 2.28. The maximum atomic E-state index is 12.4. The highest BCUT2D eigenvalue weighted by Gasteiger charge is 2.32. The summed E-state index contributed by atoms with van der Waals surface area (Å²) in [7, 11) is 0. The van der Waals surface area contributed by atoms with Gasteiger partial charge >= 0.3 is 5.97 Å². The summed E-state index contributed by atoms with van der Waals surface area (Å²) in [5, 5.41) is 0.886. The van der Waals surface area contributed by atoms with Crippen molar-refractivity contribution in [1.29, 1.82) is 0 Å². The first-order valence-electron chi connectivity index (χ1n) is 7.41. The largest absolute Gasteiger partial charge is 0.462 e. The van der Waals surface area contributed by atoms with E-state index in [0.717, 1.165) is 41.4 Å². The summed E-state index contributed by atoms with van der Waals surface area (Å²) in [6.07, 6.45) is 2.19. The highest BCUT2D eigenvalue weighted by Crippen LogP contribution is 2.40. The molecular weight excluding hydrogens is 290 g/mol. The van der Waals surface area contributed by atoms with Gasteiger partial charge in [0.15, 0.2) is 5.78 Å². The van der Waals surface area contributed by atoms with Crippen molar-refractivity contribution in [3.63, 3.8) is 0 Å². The third-order valence-corrected chi connectivity index (χ3v) is 5.18. The maximum Gasteiger partial charge on any atom is 0.341 e. The molecule has 0 saturated carbocycles. The van der Waals surface area contributed by atoms with Gasteiger partial charge in [0.05, 0.1) is 30.3 Å². The molecule has 6 heteroatoms. The Bertz CT molecular complexity index is 560. The van der Waals surface area contributed by atoms with Gasteiger partial charge in [0, 0.05) is 19.5 Å². The summed E-state index contributed by atoms with van der Waals surface area (Å²) in [5.41, 5.74) is 1.52. The lowest BCUT2D eigenvalue weighted by atomic mass is 9.94. The lowest BCUT2D eigenvalue weighted by Crippen LogP contribution is -2.36. The van der Waals surface area contributed by atoms with Crippen LogP contribution in [0.5, 0.6) is 0 Å². The van der Waals surface area contributed by atoms with Crippen molar-refractivity contribution in [3.05, 3.63) is 16.0 Å². The second kappa shape index (κ2) is 6.15. The Kier molecular flexibility index (Phi) is 4.26. The quantitative estimate of drug-likeness (QED) is 0.802. The second-order valence-electron chi connectivity index (χ2n) is 5.19. The van der Waals surface area contributed by atoms with E-state index in [9.17, 15) is 9.59 Å². The molecule has 1 fully saturated rings. The van der Waals surface area contributed by atoms with Crippen LogP contribution in [0.4, 0.5) is 5.00 Å². The summed E-state index contributed by atoms with van der Waals surface area (Å²) in [5.74, 6) is -0.141. The number of carbonyl (C=O) groups is 2. The van der Waals surface area contributed by atoms with Crippen LogP contribution in [0, 0.1) is 0 Å². The molecular formula is C15H19NO4S. The molecule has 3 rings (SSSR count). The Hall–Kier alpha value is -1.40. The number of hydrogen-bond donors (Lipinski definition) is 0. The number of nitrogens with zero attached hydrogens (tertiary/aromatic N) is 1. The molecule has 1 aromatic rings. The first-order valence-corrected chi connectivity index (χ1v) is 8.22. The number of thiophene rings is 1. The number of carbonyl (C=O) groups excluding carboxylic acids is 2. The average Bonchev–Trinajstić information content (AvgIpc) is 2.89. The molecule has 0 radical (unpaired) electrons. The number of morpholine rings is 1. The normalized spacial score (nSPS) is 18.5. The van der Waals surface area contributed by atoms with E-state index < -0.39 is 0 Å². The van der Waals surface area contributed by atoms with Gasteiger partial charge in [-0.25, -0.2) is 4.79 Å². The van der Waals surface area contributed by atoms with Crippen LogP contribution in [0.1, 0.15) is 45.4 Å². The third kappa shape index (κ3) is 2.70. The van der Waals surface area contributed by atoms with Crippen LogP contribution in [-0.4, -0.2) is 44.7 Å². The number of anilines is 1. The van der Waals surface area contributed by atoms with E-state index in [2.05, 4.69) is 4.90 Å². The molecule has 1 aliphatic carbocycles. The van der Waals surface area contributed by atoms with E-state index in [0.29, 0.717) is 31.8 Å². The van der Waals surface area contributed by atoms with Crippen molar-refractivity contribution in [1.82, 2.24) is 0 Å². The molecule has 1 saturated heterocycles. The fourth-order valence-electron chi connectivity index (χ4n) is 2.86. The van der Waals surface area contributed by atoms with E-state index in [4.69, 9.17) is 9.47 Å². The topological polar surface area (TPSA) is 55.8 Å². The van der Waals surface area contributed by atoms with Crippen molar-refractivity contribution >= 4 is 28.1 Å². The van der Waals surface area contributed by atoms with Crippen LogP contribution in [0.25, 0.3) is 0 Å². The van der Waals surface area contributed by atoms with Crippen molar-refractivity contribution in [2.75, 3.05) is 37.8 Å². The lowest BCUT2D eigenvalue weighted by Gasteiger charge is -2.28. The van der Waals surface area contributed by atoms with Crippen LogP contribution in [-0.2, 0) is 15.9 Å². The monoisotopic (exact) mass is 309 g/mol. The third-order valence-electron chi connectivity index (χ3n) is 3.85. The number of esters is 1. The molecule has 5 nitrogen and oxygen atoms in total. The summed E-state index contributed by atoms with van der Waals surface area (Å²) in [4.78, 5) is 27.4. The van der Waals surface area contributed by atoms with Gasteiger partial charge in [0.2, 0.25) is 0 Å². The molecule has 114 valence electrons. The van der Waals surface area contributed by atoms with Crippen LogP contribution < -0.4 is 4.90 Å². The predicted molar refractivity (Wildman–Crippen MR) is 80.6 cm³/mol. The zero-order chi connectivity index (χ0) is 14.8. The summed E-state index contributed by atoms with van der Waals surface area (Å²) < 4.78 is 10.6. The zero-order valence-electron chi connectivity index (χ0n) is 12.1. The fraction of sp³-hybridized carbons (Fsp3) is 0.600. The molecule has 0 aromatic carbocycles. The minimum absolute atomic E-state index is 0.159. The molecule has 2 heterocycles. The molecule has 0 atom stereocenters. The van der Waals surface area contributed by atoms with Crippen molar-refractivity contribution in [2.45, 2.75) is 26.2 Å². The number of ketones is 1. The minimum Gasteiger partial charge on any atom is -0.462 e. The first kappa shape index (κ1) is 14.5. The van der Waals surface area contributed by atoms with Gasteiger partial charge in [-0.05, 0) is 25.3 Å². The molecule has 0 N–H and O–H groups in total. The van der Waals surface area contributed by atoms with Crippen molar-refractivity contribution in [2.24, 2.45) is 0 Å². The van der Waals surface area contributed by atoms with Crippen LogP contribution in [0.15, 0.2) is 0 Å². The standard InChI is InChI=1S/C15H19NO4S/c1-2-20-15(18)12-10-4-3-5-11(17)13(10)21-14(12)16-6-8-19-9-7-16/h2-9H2,1H3. The van der Waals surface area contributed by atoms with Gasteiger partial charge in [0.25, 0.3) is 0 Å². The lowest BCUT2D eigenvalue weighted by molar-refractivity contribution is 0.0525. The molecule has 0 bridgehead atoms. The Labute approximate surface area is 127 Å². The van der Waals surface area contributed by atoms with Gasteiger partial charge in [-0.3, -0.25) is 4.79 Å². The van der Waals surface area contributed by atoms with E-state index in [-0.39, 0.29) is 11.8 Å². The number of rotatable bonds is 3. The van der Waals surface area contributed by atoms with Crippen LogP contribution in [0.3, 0.4) is 0 Å². The Morgan fingerprint density at radius 2 is 2.10 bits per heavy atom. The van der Waals surface area contributed by atoms with E-state index in [1.165, 1.54) is 11.3 Å². The summed E-state index contributed by atoms with van der Waals surface area (Å²) in [6.45, 7) is 4.95. The van der Waals surface area contributed by atoms with E-state index >= 15 is 0 Å². The Morgan fingerprint density at radius 1 is 1.33 bits per heavy atom. The Morgan fingerprint density at radius 3 is 2.81 bits per heavy atom. The second-order valence-corrected chi connectivity index (χ2v) is 6.19. The van der Waals surface area contributed by atoms with Crippen molar-refractivity contribution in [3.8, 4) is 0 Å². The number of ether oxygens (including phenoxy) is 2. The Balaban J connectivity index is 2.04. The molecule has 0 spiro atoms. The maximum absolute atomic E-state index is 12.4. The molecule has 2 aliphatic rings. The van der Waals surface area contributed by atoms with Crippen molar-refractivity contribution < 1.29 is 19.1 Å². The number of fused-ring (bicyclic) bond motifs is 1. The van der Waals surface area contributed by atoms with E-state index in [1.807, 2.05) is 0 Å². The fourth-order valence-corrected chi connectivity index (χ4v) is 4.21.